The Labute approximate surface area is 191 Å². The molecular formula is C24H26N2O7. The minimum absolute atomic E-state index is 0.117. The van der Waals surface area contributed by atoms with Crippen LogP contribution in [0.15, 0.2) is 53.7 Å². The summed E-state index contributed by atoms with van der Waals surface area (Å²) in [5.41, 5.74) is 1.42. The molecule has 0 spiro atoms. The monoisotopic (exact) mass is 454 g/mol. The van der Waals surface area contributed by atoms with Crippen LogP contribution in [0.3, 0.4) is 0 Å². The summed E-state index contributed by atoms with van der Waals surface area (Å²) >= 11 is 0. The van der Waals surface area contributed by atoms with E-state index >= 15 is 0 Å². The molecule has 0 saturated carbocycles. The predicted octanol–water partition coefficient (Wildman–Crippen LogP) is 3.15. The number of rotatable bonds is 7. The summed E-state index contributed by atoms with van der Waals surface area (Å²) in [7, 11) is 5.63. The summed E-state index contributed by atoms with van der Waals surface area (Å²) in [6.07, 6.45) is -0.201. The lowest BCUT2D eigenvalue weighted by molar-refractivity contribution is -0.138. The van der Waals surface area contributed by atoms with Gasteiger partial charge in [0.25, 0.3) is 0 Å². The summed E-state index contributed by atoms with van der Waals surface area (Å²) in [5.74, 6) is -1.49. The molecule has 9 nitrogen and oxygen atoms in total. The molecule has 33 heavy (non-hydrogen) atoms. The quantitative estimate of drug-likeness (QED) is 0.641. The third kappa shape index (κ3) is 4.62. The van der Waals surface area contributed by atoms with Gasteiger partial charge in [0, 0.05) is 35.6 Å². The standard InChI is InChI=1S/C24H26N2O7/c1-14-21(24(29)33-5)17(13-20(27)26(14)16-9-7-6-8-10-16)23(28)25-15-11-18(30-2)22(32-4)19(12-15)31-3/h6-12,17H,13H2,1-5H3,(H,25,28). The third-order valence-electron chi connectivity index (χ3n) is 5.37. The Kier molecular flexibility index (Phi) is 7.22. The zero-order valence-electron chi connectivity index (χ0n) is 19.1. The Bertz CT molecular complexity index is 1070. The van der Waals surface area contributed by atoms with Crippen molar-refractivity contribution >= 4 is 29.2 Å². The van der Waals surface area contributed by atoms with Crippen LogP contribution in [0, 0.1) is 5.92 Å². The lowest BCUT2D eigenvalue weighted by Crippen LogP contribution is -2.43. The highest BCUT2D eigenvalue weighted by Gasteiger charge is 2.40. The van der Waals surface area contributed by atoms with E-state index in [1.165, 1.54) is 33.3 Å². The fourth-order valence-corrected chi connectivity index (χ4v) is 3.85. The molecule has 3 rings (SSSR count). The largest absolute Gasteiger partial charge is 0.493 e. The van der Waals surface area contributed by atoms with Crippen molar-refractivity contribution in [2.75, 3.05) is 38.7 Å². The summed E-state index contributed by atoms with van der Waals surface area (Å²) < 4.78 is 20.9. The second kappa shape index (κ2) is 10.1. The molecular weight excluding hydrogens is 428 g/mol. The van der Waals surface area contributed by atoms with E-state index < -0.39 is 17.8 Å². The molecule has 2 amide bonds. The van der Waals surface area contributed by atoms with Gasteiger partial charge in [-0.3, -0.25) is 14.5 Å². The van der Waals surface area contributed by atoms with E-state index in [1.54, 1.807) is 43.3 Å². The fraction of sp³-hybridized carbons (Fsp3) is 0.292. The number of hydrogen-bond donors (Lipinski definition) is 1. The van der Waals surface area contributed by atoms with Crippen LogP contribution in [0.25, 0.3) is 0 Å². The molecule has 0 saturated heterocycles. The lowest BCUT2D eigenvalue weighted by atomic mass is 9.88. The molecule has 1 unspecified atom stereocenters. The maximum Gasteiger partial charge on any atom is 0.336 e. The number of esters is 1. The van der Waals surface area contributed by atoms with Gasteiger partial charge in [-0.25, -0.2) is 4.79 Å². The zero-order valence-corrected chi connectivity index (χ0v) is 19.1. The summed E-state index contributed by atoms with van der Waals surface area (Å²) in [4.78, 5) is 40.4. The summed E-state index contributed by atoms with van der Waals surface area (Å²) in [5, 5.41) is 2.75. The number of carbonyl (C=O) groups is 3. The molecule has 0 fully saturated rings. The van der Waals surface area contributed by atoms with E-state index in [4.69, 9.17) is 18.9 Å². The second-order valence-electron chi connectivity index (χ2n) is 7.22. The molecule has 1 aliphatic rings. The van der Waals surface area contributed by atoms with Crippen molar-refractivity contribution in [3.63, 3.8) is 0 Å². The molecule has 0 aromatic heterocycles. The molecule has 1 N–H and O–H groups in total. The minimum Gasteiger partial charge on any atom is -0.493 e. The van der Waals surface area contributed by atoms with Gasteiger partial charge in [-0.1, -0.05) is 18.2 Å². The zero-order chi connectivity index (χ0) is 24.1. The van der Waals surface area contributed by atoms with E-state index in [2.05, 4.69) is 5.32 Å². The first-order chi connectivity index (χ1) is 15.9. The number of nitrogens with one attached hydrogen (secondary N) is 1. The Balaban J connectivity index is 2.00. The van der Waals surface area contributed by atoms with Crippen LogP contribution in [0.2, 0.25) is 0 Å². The van der Waals surface area contributed by atoms with Gasteiger partial charge in [0.05, 0.1) is 39.9 Å². The number of methoxy groups -OCH3 is 4. The van der Waals surface area contributed by atoms with Crippen molar-refractivity contribution < 1.29 is 33.3 Å². The van der Waals surface area contributed by atoms with Gasteiger partial charge in [-0.2, -0.15) is 0 Å². The van der Waals surface area contributed by atoms with Gasteiger partial charge < -0.3 is 24.3 Å². The maximum absolute atomic E-state index is 13.2. The molecule has 174 valence electrons. The Morgan fingerprint density at radius 1 is 0.970 bits per heavy atom. The van der Waals surface area contributed by atoms with Crippen molar-refractivity contribution in [1.29, 1.82) is 0 Å². The average molecular weight is 454 g/mol. The van der Waals surface area contributed by atoms with Crippen LogP contribution in [-0.4, -0.2) is 46.2 Å². The van der Waals surface area contributed by atoms with E-state index in [-0.39, 0.29) is 17.9 Å². The van der Waals surface area contributed by atoms with Crippen LogP contribution in [0.1, 0.15) is 13.3 Å². The number of para-hydroxylation sites is 1. The van der Waals surface area contributed by atoms with Gasteiger partial charge in [-0.15, -0.1) is 0 Å². The van der Waals surface area contributed by atoms with Crippen molar-refractivity contribution in [2.45, 2.75) is 13.3 Å². The SMILES string of the molecule is COC(=O)C1=C(C)N(c2ccccc2)C(=O)CC1C(=O)Nc1cc(OC)c(OC)c(OC)c1. The smallest absolute Gasteiger partial charge is 0.336 e. The van der Waals surface area contributed by atoms with Crippen LogP contribution in [0.5, 0.6) is 17.2 Å². The molecule has 1 atom stereocenters. The molecule has 1 heterocycles. The first kappa shape index (κ1) is 23.6. The van der Waals surface area contributed by atoms with Crippen LogP contribution >= 0.6 is 0 Å². The molecule has 1 aliphatic heterocycles. The number of benzene rings is 2. The van der Waals surface area contributed by atoms with Crippen molar-refractivity contribution in [3.8, 4) is 17.2 Å². The van der Waals surface area contributed by atoms with Crippen molar-refractivity contribution in [2.24, 2.45) is 5.92 Å². The van der Waals surface area contributed by atoms with E-state index in [0.29, 0.717) is 34.3 Å². The van der Waals surface area contributed by atoms with Gasteiger partial charge >= 0.3 is 5.97 Å². The third-order valence-corrected chi connectivity index (χ3v) is 5.37. The first-order valence-electron chi connectivity index (χ1n) is 10.1. The molecule has 0 bridgehead atoms. The van der Waals surface area contributed by atoms with Gasteiger partial charge in [-0.05, 0) is 19.1 Å². The summed E-state index contributed by atoms with van der Waals surface area (Å²) in [6.45, 7) is 1.62. The first-order valence-corrected chi connectivity index (χ1v) is 10.1. The summed E-state index contributed by atoms with van der Waals surface area (Å²) in [6, 6.07) is 12.0. The number of carbonyl (C=O) groups excluding carboxylic acids is 3. The highest BCUT2D eigenvalue weighted by molar-refractivity contribution is 6.10. The highest BCUT2D eigenvalue weighted by atomic mass is 16.5. The average Bonchev–Trinajstić information content (AvgIpc) is 2.83. The van der Waals surface area contributed by atoms with E-state index in [0.717, 1.165) is 0 Å². The minimum atomic E-state index is -1.04. The maximum atomic E-state index is 13.2. The normalized spacial score (nSPS) is 15.7. The fourth-order valence-electron chi connectivity index (χ4n) is 3.85. The van der Waals surface area contributed by atoms with E-state index in [1.807, 2.05) is 6.07 Å². The Morgan fingerprint density at radius 3 is 2.09 bits per heavy atom. The van der Waals surface area contributed by atoms with Gasteiger partial charge in [0.2, 0.25) is 17.6 Å². The molecule has 0 aliphatic carbocycles. The predicted molar refractivity (Wildman–Crippen MR) is 121 cm³/mol. The second-order valence-corrected chi connectivity index (χ2v) is 7.22. The Morgan fingerprint density at radius 2 is 1.58 bits per heavy atom. The topological polar surface area (TPSA) is 103 Å². The lowest BCUT2D eigenvalue weighted by Gasteiger charge is -2.33. The number of allylic oxidation sites excluding steroid dienone is 1. The van der Waals surface area contributed by atoms with Crippen molar-refractivity contribution in [1.82, 2.24) is 0 Å². The van der Waals surface area contributed by atoms with Crippen LogP contribution in [0.4, 0.5) is 11.4 Å². The molecule has 2 aromatic rings. The number of anilines is 2. The van der Waals surface area contributed by atoms with Crippen molar-refractivity contribution in [3.05, 3.63) is 53.7 Å². The number of hydrogen-bond acceptors (Lipinski definition) is 7. The van der Waals surface area contributed by atoms with Crippen LogP contribution in [-0.2, 0) is 19.1 Å². The Hall–Kier alpha value is -4.01. The number of ether oxygens (including phenoxy) is 4. The van der Waals surface area contributed by atoms with Gasteiger partial charge in [0.15, 0.2) is 11.5 Å². The molecule has 2 aromatic carbocycles. The number of amides is 2. The van der Waals surface area contributed by atoms with Gasteiger partial charge in [0.1, 0.15) is 0 Å². The van der Waals surface area contributed by atoms with Crippen LogP contribution < -0.4 is 24.4 Å². The number of nitrogens with zero attached hydrogens (tertiary/aromatic N) is 1. The molecule has 9 heteroatoms. The highest BCUT2D eigenvalue weighted by Crippen LogP contribution is 2.40. The van der Waals surface area contributed by atoms with E-state index in [9.17, 15) is 14.4 Å². The molecule has 0 radical (unpaired) electrons.